The van der Waals surface area contributed by atoms with Crippen molar-refractivity contribution in [2.75, 3.05) is 0 Å². The predicted molar refractivity (Wildman–Crippen MR) is 57.2 cm³/mol. The minimum Gasteiger partial charge on any atom is -0.103 e. The van der Waals surface area contributed by atoms with Gasteiger partial charge in [-0.1, -0.05) is 48.0 Å². The van der Waals surface area contributed by atoms with Crippen molar-refractivity contribution in [2.45, 2.75) is 6.92 Å². The van der Waals surface area contributed by atoms with Gasteiger partial charge in [0.05, 0.1) is 0 Å². The van der Waals surface area contributed by atoms with Gasteiger partial charge >= 0.3 is 0 Å². The Labute approximate surface area is 79.2 Å². The normalized spacial score (nSPS) is 8.83. The van der Waals surface area contributed by atoms with E-state index >= 15 is 0 Å². The lowest BCUT2D eigenvalue weighted by Crippen LogP contribution is -1.64. The molecule has 64 valence electrons. The standard InChI is InChI=1S/C8H7Cl.C3H6/c9-7-6-8-4-2-1-3-5-8;1-3-2/h1-7H;3H,1H2,2H3. The molecule has 0 unspecified atom stereocenters. The van der Waals surface area contributed by atoms with Gasteiger partial charge in [-0.3, -0.25) is 0 Å². The van der Waals surface area contributed by atoms with E-state index in [1.54, 1.807) is 6.08 Å². The van der Waals surface area contributed by atoms with Gasteiger partial charge in [0.15, 0.2) is 0 Å². The van der Waals surface area contributed by atoms with Crippen LogP contribution in [0.25, 0.3) is 6.08 Å². The maximum absolute atomic E-state index is 5.36. The van der Waals surface area contributed by atoms with E-state index in [0.29, 0.717) is 0 Å². The minimum absolute atomic E-state index is 1.13. The SMILES string of the molecule is C=CC.ClC=Cc1ccccc1. The van der Waals surface area contributed by atoms with E-state index in [-0.39, 0.29) is 0 Å². The van der Waals surface area contributed by atoms with E-state index in [9.17, 15) is 0 Å². The Balaban J connectivity index is 0.000000354. The molecule has 0 aliphatic heterocycles. The average Bonchev–Trinajstić information content (AvgIpc) is 2.08. The minimum atomic E-state index is 1.13. The van der Waals surface area contributed by atoms with Gasteiger partial charge in [-0.05, 0) is 18.6 Å². The summed E-state index contributed by atoms with van der Waals surface area (Å²) in [5.74, 6) is 0. The molecule has 0 amide bonds. The number of hydrogen-bond acceptors (Lipinski definition) is 0. The monoisotopic (exact) mass is 180 g/mol. The Morgan fingerprint density at radius 1 is 1.25 bits per heavy atom. The van der Waals surface area contributed by atoms with Crippen molar-refractivity contribution >= 4 is 17.7 Å². The van der Waals surface area contributed by atoms with Gasteiger partial charge in [-0.15, -0.1) is 6.58 Å². The Hall–Kier alpha value is -1.01. The van der Waals surface area contributed by atoms with Crippen molar-refractivity contribution in [3.63, 3.8) is 0 Å². The second kappa shape index (κ2) is 8.09. The fourth-order valence-corrected chi connectivity index (χ4v) is 0.782. The fraction of sp³-hybridized carbons (Fsp3) is 0.0909. The maximum atomic E-state index is 5.36. The number of halogens is 1. The summed E-state index contributed by atoms with van der Waals surface area (Å²) in [5, 5.41) is 0. The van der Waals surface area contributed by atoms with Gasteiger partial charge in [0.2, 0.25) is 0 Å². The molecule has 0 aliphatic carbocycles. The molecule has 0 spiro atoms. The lowest BCUT2D eigenvalue weighted by atomic mass is 10.2. The molecular formula is C11H13Cl. The van der Waals surface area contributed by atoms with Crippen LogP contribution in [0.3, 0.4) is 0 Å². The van der Waals surface area contributed by atoms with Crippen LogP contribution in [0.2, 0.25) is 0 Å². The van der Waals surface area contributed by atoms with Crippen LogP contribution in [0.15, 0.2) is 48.5 Å². The number of allylic oxidation sites excluding steroid dienone is 1. The topological polar surface area (TPSA) is 0 Å². The van der Waals surface area contributed by atoms with Crippen LogP contribution >= 0.6 is 11.6 Å². The lowest BCUT2D eigenvalue weighted by Gasteiger charge is -1.86. The van der Waals surface area contributed by atoms with Crippen LogP contribution in [0.5, 0.6) is 0 Å². The molecule has 0 aliphatic rings. The second-order valence-electron chi connectivity index (χ2n) is 2.11. The molecule has 0 aromatic heterocycles. The van der Waals surface area contributed by atoms with Crippen molar-refractivity contribution in [1.82, 2.24) is 0 Å². The largest absolute Gasteiger partial charge is 0.103 e. The van der Waals surface area contributed by atoms with E-state index in [1.807, 2.05) is 43.3 Å². The summed E-state index contributed by atoms with van der Waals surface area (Å²) in [5.41, 5.74) is 2.64. The zero-order valence-corrected chi connectivity index (χ0v) is 7.96. The van der Waals surface area contributed by atoms with Crippen LogP contribution < -0.4 is 0 Å². The Morgan fingerprint density at radius 3 is 2.17 bits per heavy atom. The van der Waals surface area contributed by atoms with Crippen molar-refractivity contribution in [1.29, 1.82) is 0 Å². The third kappa shape index (κ3) is 5.75. The van der Waals surface area contributed by atoms with Gasteiger partial charge in [0.1, 0.15) is 0 Å². The van der Waals surface area contributed by atoms with Gasteiger partial charge in [-0.2, -0.15) is 0 Å². The molecule has 0 nitrogen and oxygen atoms in total. The van der Waals surface area contributed by atoms with Gasteiger partial charge in [0.25, 0.3) is 0 Å². The fourth-order valence-electron chi connectivity index (χ4n) is 0.637. The molecule has 0 fully saturated rings. The Kier molecular flexibility index (Phi) is 7.41. The highest BCUT2D eigenvalue weighted by Gasteiger charge is 1.78. The third-order valence-electron chi connectivity index (χ3n) is 1.06. The highest BCUT2D eigenvalue weighted by molar-refractivity contribution is 6.27. The molecule has 1 aromatic rings. The van der Waals surface area contributed by atoms with Crippen molar-refractivity contribution in [3.05, 3.63) is 54.1 Å². The summed E-state index contributed by atoms with van der Waals surface area (Å²) >= 11 is 5.36. The van der Waals surface area contributed by atoms with Gasteiger partial charge in [-0.25, -0.2) is 0 Å². The van der Waals surface area contributed by atoms with E-state index in [2.05, 4.69) is 6.58 Å². The average molecular weight is 181 g/mol. The summed E-state index contributed by atoms with van der Waals surface area (Å²) in [4.78, 5) is 0. The third-order valence-corrected chi connectivity index (χ3v) is 1.18. The Morgan fingerprint density at radius 2 is 1.75 bits per heavy atom. The number of benzene rings is 1. The molecule has 12 heavy (non-hydrogen) atoms. The molecule has 0 saturated carbocycles. The van der Waals surface area contributed by atoms with Crippen LogP contribution in [0.4, 0.5) is 0 Å². The second-order valence-corrected chi connectivity index (χ2v) is 2.36. The number of hydrogen-bond donors (Lipinski definition) is 0. The first kappa shape index (κ1) is 11.0. The zero-order valence-electron chi connectivity index (χ0n) is 7.20. The van der Waals surface area contributed by atoms with Crippen molar-refractivity contribution < 1.29 is 0 Å². The maximum Gasteiger partial charge on any atom is 0.00484 e. The van der Waals surface area contributed by atoms with E-state index in [4.69, 9.17) is 11.6 Å². The summed E-state index contributed by atoms with van der Waals surface area (Å²) < 4.78 is 0. The molecule has 0 heterocycles. The molecular weight excluding hydrogens is 168 g/mol. The van der Waals surface area contributed by atoms with Crippen LogP contribution in [0.1, 0.15) is 12.5 Å². The summed E-state index contributed by atoms with van der Waals surface area (Å²) in [6.45, 7) is 5.25. The van der Waals surface area contributed by atoms with Crippen LogP contribution in [-0.2, 0) is 0 Å². The van der Waals surface area contributed by atoms with E-state index in [0.717, 1.165) is 5.56 Å². The predicted octanol–water partition coefficient (Wildman–Crippen LogP) is 4.09. The van der Waals surface area contributed by atoms with Gasteiger partial charge < -0.3 is 0 Å². The van der Waals surface area contributed by atoms with E-state index < -0.39 is 0 Å². The number of rotatable bonds is 1. The molecule has 1 rings (SSSR count). The molecule has 0 N–H and O–H groups in total. The zero-order chi connectivity index (χ0) is 9.23. The van der Waals surface area contributed by atoms with Crippen LogP contribution in [0, 0.1) is 0 Å². The first-order valence-corrected chi connectivity index (χ1v) is 4.17. The summed E-state index contributed by atoms with van der Waals surface area (Å²) in [6.07, 6.45) is 3.60. The highest BCUT2D eigenvalue weighted by Crippen LogP contribution is 2.00. The van der Waals surface area contributed by atoms with Crippen molar-refractivity contribution in [2.24, 2.45) is 0 Å². The molecule has 1 heteroatoms. The smallest absolute Gasteiger partial charge is 0.00484 e. The van der Waals surface area contributed by atoms with Crippen LogP contribution in [-0.4, -0.2) is 0 Å². The summed E-state index contributed by atoms with van der Waals surface area (Å²) in [6, 6.07) is 9.93. The Bertz CT molecular complexity index is 224. The molecule has 0 saturated heterocycles. The first-order valence-electron chi connectivity index (χ1n) is 3.74. The van der Waals surface area contributed by atoms with Crippen molar-refractivity contribution in [3.8, 4) is 0 Å². The summed E-state index contributed by atoms with van der Waals surface area (Å²) in [7, 11) is 0. The van der Waals surface area contributed by atoms with Gasteiger partial charge in [0, 0.05) is 5.54 Å². The molecule has 1 aromatic carbocycles. The molecule has 0 bridgehead atoms. The quantitative estimate of drug-likeness (QED) is 0.572. The molecule has 0 atom stereocenters. The first-order chi connectivity index (χ1) is 5.85. The molecule has 0 radical (unpaired) electrons. The lowest BCUT2D eigenvalue weighted by molar-refractivity contribution is 1.66. The van der Waals surface area contributed by atoms with E-state index in [1.165, 1.54) is 5.54 Å². The highest BCUT2D eigenvalue weighted by atomic mass is 35.5.